The molecule has 2 aromatic rings. The number of hydrogen-bond acceptors (Lipinski definition) is 6. The number of aromatic amines is 1. The molecule has 6 nitrogen and oxygen atoms in total. The topological polar surface area (TPSA) is 73.2 Å². The van der Waals surface area contributed by atoms with Crippen LogP contribution in [0.1, 0.15) is 36.6 Å². The van der Waals surface area contributed by atoms with Gasteiger partial charge in [-0.05, 0) is 50.5 Å². The zero-order chi connectivity index (χ0) is 15.9. The van der Waals surface area contributed by atoms with Crippen molar-refractivity contribution in [2.24, 2.45) is 0 Å². The molecule has 23 heavy (non-hydrogen) atoms. The summed E-state index contributed by atoms with van der Waals surface area (Å²) in [6.45, 7) is 3.37. The molecular formula is C16H21N3O3S. The van der Waals surface area contributed by atoms with E-state index in [0.717, 1.165) is 36.7 Å². The van der Waals surface area contributed by atoms with Gasteiger partial charge in [-0.2, -0.15) is 0 Å². The van der Waals surface area contributed by atoms with Gasteiger partial charge in [-0.1, -0.05) is 11.8 Å². The highest BCUT2D eigenvalue weighted by Gasteiger charge is 2.13. The Balaban J connectivity index is 1.39. The molecule has 0 aliphatic carbocycles. The van der Waals surface area contributed by atoms with Gasteiger partial charge in [0, 0.05) is 12.4 Å². The molecule has 1 N–H and O–H groups in total. The molecule has 2 aromatic heterocycles. The van der Waals surface area contributed by atoms with Crippen LogP contribution < -0.4 is 0 Å². The number of H-pyrrole nitrogens is 1. The number of aromatic nitrogens is 3. The summed E-state index contributed by atoms with van der Waals surface area (Å²) in [6, 6.07) is 3.85. The fourth-order valence-corrected chi connectivity index (χ4v) is 2.89. The molecule has 0 spiro atoms. The number of rotatable bonds is 7. The van der Waals surface area contributed by atoms with Crippen molar-refractivity contribution in [3.8, 4) is 0 Å². The summed E-state index contributed by atoms with van der Waals surface area (Å²) >= 11 is 1.56. The number of nitrogens with zero attached hydrogens (tertiary/aromatic N) is 2. The molecule has 1 fully saturated rings. The zero-order valence-electron chi connectivity index (χ0n) is 13.2. The first-order chi connectivity index (χ1) is 11.3. The van der Waals surface area contributed by atoms with Crippen molar-refractivity contribution in [1.29, 1.82) is 0 Å². The molecule has 7 heteroatoms. The normalized spacial score (nSPS) is 18.7. The van der Waals surface area contributed by atoms with E-state index >= 15 is 0 Å². The molecule has 1 saturated heterocycles. The fraction of sp³-hybridized carbons (Fsp3) is 0.500. The Hall–Kier alpha value is -1.57. The van der Waals surface area contributed by atoms with E-state index in [1.807, 2.05) is 31.2 Å². The molecule has 0 radical (unpaired) electrons. The van der Waals surface area contributed by atoms with Crippen molar-refractivity contribution in [3.05, 3.63) is 29.5 Å². The van der Waals surface area contributed by atoms with Crippen LogP contribution in [0, 0.1) is 6.92 Å². The van der Waals surface area contributed by atoms with Crippen molar-refractivity contribution >= 4 is 23.9 Å². The second kappa shape index (κ2) is 8.33. The average molecular weight is 335 g/mol. The minimum absolute atomic E-state index is 0.0354. The second-order valence-electron chi connectivity index (χ2n) is 5.30. The summed E-state index contributed by atoms with van der Waals surface area (Å²) in [5, 5.41) is 7.79. The maximum Gasteiger partial charge on any atom is 0.208 e. The van der Waals surface area contributed by atoms with Crippen LogP contribution in [0.4, 0.5) is 0 Å². The largest absolute Gasteiger partial charge is 0.462 e. The maximum atomic E-state index is 5.68. The van der Waals surface area contributed by atoms with Crippen LogP contribution >= 0.6 is 11.8 Å². The summed E-state index contributed by atoms with van der Waals surface area (Å²) < 4.78 is 16.7. The third kappa shape index (κ3) is 5.23. The number of hydrogen-bond donors (Lipinski definition) is 1. The monoisotopic (exact) mass is 335 g/mol. The molecule has 1 atom stereocenters. The second-order valence-corrected chi connectivity index (χ2v) is 6.36. The van der Waals surface area contributed by atoms with E-state index in [1.54, 1.807) is 11.8 Å². The lowest BCUT2D eigenvalue weighted by Gasteiger charge is -2.22. The third-order valence-corrected chi connectivity index (χ3v) is 4.22. The Morgan fingerprint density at radius 1 is 1.39 bits per heavy atom. The Bertz CT molecular complexity index is 632. The predicted molar refractivity (Wildman–Crippen MR) is 89.0 cm³/mol. The van der Waals surface area contributed by atoms with Crippen LogP contribution in [0.5, 0.6) is 0 Å². The SMILES string of the molecule is Cc1ccc(C=Cc2nc(SCCOC3CCCCO3)n[nH]2)o1. The highest BCUT2D eigenvalue weighted by Crippen LogP contribution is 2.17. The first kappa shape index (κ1) is 16.3. The van der Waals surface area contributed by atoms with Gasteiger partial charge in [0.05, 0.1) is 6.61 Å². The quantitative estimate of drug-likeness (QED) is 0.616. The first-order valence-electron chi connectivity index (χ1n) is 7.82. The lowest BCUT2D eigenvalue weighted by molar-refractivity contribution is -0.158. The van der Waals surface area contributed by atoms with Crippen molar-refractivity contribution in [2.45, 2.75) is 37.6 Å². The minimum atomic E-state index is -0.0354. The molecule has 1 unspecified atom stereocenters. The number of nitrogens with one attached hydrogen (secondary N) is 1. The van der Waals surface area contributed by atoms with Gasteiger partial charge in [0.2, 0.25) is 5.16 Å². The van der Waals surface area contributed by atoms with Gasteiger partial charge in [-0.25, -0.2) is 4.98 Å². The van der Waals surface area contributed by atoms with Crippen LogP contribution in [0.2, 0.25) is 0 Å². The minimum Gasteiger partial charge on any atom is -0.462 e. The van der Waals surface area contributed by atoms with Crippen LogP contribution in [0.25, 0.3) is 12.2 Å². The Morgan fingerprint density at radius 3 is 3.13 bits per heavy atom. The Morgan fingerprint density at radius 2 is 2.35 bits per heavy atom. The molecule has 0 saturated carbocycles. The van der Waals surface area contributed by atoms with Crippen LogP contribution in [-0.4, -0.2) is 40.4 Å². The van der Waals surface area contributed by atoms with E-state index in [-0.39, 0.29) is 6.29 Å². The van der Waals surface area contributed by atoms with E-state index in [4.69, 9.17) is 13.9 Å². The molecule has 3 rings (SSSR count). The van der Waals surface area contributed by atoms with Crippen molar-refractivity contribution in [3.63, 3.8) is 0 Å². The van der Waals surface area contributed by atoms with E-state index in [9.17, 15) is 0 Å². The Labute approximate surface area is 139 Å². The first-order valence-corrected chi connectivity index (χ1v) is 8.81. The van der Waals surface area contributed by atoms with Gasteiger partial charge in [0.15, 0.2) is 6.29 Å². The number of aryl methyl sites for hydroxylation is 1. The fourth-order valence-electron chi connectivity index (χ4n) is 2.26. The van der Waals surface area contributed by atoms with Crippen LogP contribution in [0.3, 0.4) is 0 Å². The Kier molecular flexibility index (Phi) is 5.90. The predicted octanol–water partition coefficient (Wildman–Crippen LogP) is 3.51. The lowest BCUT2D eigenvalue weighted by atomic mass is 10.2. The van der Waals surface area contributed by atoms with Crippen molar-refractivity contribution in [1.82, 2.24) is 15.2 Å². The molecule has 124 valence electrons. The highest BCUT2D eigenvalue weighted by molar-refractivity contribution is 7.99. The van der Waals surface area contributed by atoms with Gasteiger partial charge in [0.1, 0.15) is 17.3 Å². The molecule has 1 aliphatic heterocycles. The van der Waals surface area contributed by atoms with Gasteiger partial charge < -0.3 is 13.9 Å². The smallest absolute Gasteiger partial charge is 0.208 e. The van der Waals surface area contributed by atoms with Crippen molar-refractivity contribution in [2.75, 3.05) is 19.0 Å². The molecule has 0 aromatic carbocycles. The van der Waals surface area contributed by atoms with E-state index < -0.39 is 0 Å². The summed E-state index contributed by atoms with van der Waals surface area (Å²) in [4.78, 5) is 4.40. The number of furan rings is 1. The van der Waals surface area contributed by atoms with Gasteiger partial charge >= 0.3 is 0 Å². The molecule has 1 aliphatic rings. The van der Waals surface area contributed by atoms with E-state index in [0.29, 0.717) is 17.6 Å². The number of thioether (sulfide) groups is 1. The van der Waals surface area contributed by atoms with Crippen LogP contribution in [-0.2, 0) is 9.47 Å². The summed E-state index contributed by atoms with van der Waals surface area (Å²) in [7, 11) is 0. The molecule has 0 amide bonds. The summed E-state index contributed by atoms with van der Waals surface area (Å²) in [6.07, 6.45) is 7.00. The lowest BCUT2D eigenvalue weighted by Crippen LogP contribution is -2.23. The summed E-state index contributed by atoms with van der Waals surface area (Å²) in [5.41, 5.74) is 0. The molecule has 0 bridgehead atoms. The zero-order valence-corrected chi connectivity index (χ0v) is 14.0. The van der Waals surface area contributed by atoms with Gasteiger partial charge in [-0.3, -0.25) is 5.10 Å². The highest BCUT2D eigenvalue weighted by atomic mass is 32.2. The average Bonchev–Trinajstić information content (AvgIpc) is 3.19. The van der Waals surface area contributed by atoms with Crippen LogP contribution in [0.15, 0.2) is 21.7 Å². The third-order valence-electron chi connectivity index (χ3n) is 3.40. The van der Waals surface area contributed by atoms with Crippen molar-refractivity contribution < 1.29 is 13.9 Å². The molecular weight excluding hydrogens is 314 g/mol. The maximum absolute atomic E-state index is 5.68. The summed E-state index contributed by atoms with van der Waals surface area (Å²) in [5.74, 6) is 3.20. The van der Waals surface area contributed by atoms with Gasteiger partial charge in [0.25, 0.3) is 0 Å². The standard InChI is InChI=1S/C16H21N3O3S/c1-12-5-6-13(22-12)7-8-14-17-16(19-18-14)23-11-10-21-15-4-2-3-9-20-15/h5-8,15H,2-4,9-11H2,1H3,(H,17,18,19). The number of ether oxygens (including phenoxy) is 2. The van der Waals surface area contributed by atoms with E-state index in [1.165, 1.54) is 6.42 Å². The van der Waals surface area contributed by atoms with Gasteiger partial charge in [-0.15, -0.1) is 5.10 Å². The molecule has 3 heterocycles. The van der Waals surface area contributed by atoms with E-state index in [2.05, 4.69) is 15.2 Å².